The van der Waals surface area contributed by atoms with Crippen molar-refractivity contribution in [3.05, 3.63) is 39.6 Å². The molecule has 2 aromatic rings. The summed E-state index contributed by atoms with van der Waals surface area (Å²) in [5.41, 5.74) is -0.942. The molecule has 0 spiro atoms. The van der Waals surface area contributed by atoms with Crippen LogP contribution in [0.3, 0.4) is 0 Å². The van der Waals surface area contributed by atoms with Crippen LogP contribution >= 0.6 is 27.3 Å². The third-order valence-corrected chi connectivity index (χ3v) is 3.60. The molecule has 0 atom stereocenters. The van der Waals surface area contributed by atoms with E-state index in [0.717, 1.165) is 12.1 Å². The van der Waals surface area contributed by atoms with Gasteiger partial charge in [-0.25, -0.2) is 9.37 Å². The van der Waals surface area contributed by atoms with E-state index in [1.165, 1.54) is 17.4 Å². The van der Waals surface area contributed by atoms with Crippen LogP contribution in [0.15, 0.2) is 28.2 Å². The first kappa shape index (κ1) is 12.5. The van der Waals surface area contributed by atoms with Crippen molar-refractivity contribution < 1.29 is 17.6 Å². The molecule has 0 aliphatic carbocycles. The molecule has 0 aliphatic heterocycles. The molecule has 0 N–H and O–H groups in total. The number of alkyl halides is 3. The molecular weight excluding hydrogens is 322 g/mol. The van der Waals surface area contributed by atoms with Crippen LogP contribution in [0.25, 0.3) is 10.6 Å². The van der Waals surface area contributed by atoms with Gasteiger partial charge in [0.15, 0.2) is 0 Å². The molecule has 0 unspecified atom stereocenters. The van der Waals surface area contributed by atoms with E-state index in [2.05, 4.69) is 20.9 Å². The lowest BCUT2D eigenvalue weighted by Gasteiger charge is -2.08. The van der Waals surface area contributed by atoms with Gasteiger partial charge in [-0.2, -0.15) is 13.2 Å². The fourth-order valence-electron chi connectivity index (χ4n) is 1.26. The third kappa shape index (κ3) is 2.66. The van der Waals surface area contributed by atoms with Crippen LogP contribution in [-0.4, -0.2) is 4.98 Å². The van der Waals surface area contributed by atoms with Gasteiger partial charge in [0.1, 0.15) is 15.4 Å². The Hall–Kier alpha value is -0.950. The van der Waals surface area contributed by atoms with E-state index >= 15 is 0 Å². The molecular formula is C10H4BrF4NS. The second kappa shape index (κ2) is 4.38. The molecule has 1 aromatic carbocycles. The summed E-state index contributed by atoms with van der Waals surface area (Å²) in [6.45, 7) is 0. The predicted molar refractivity (Wildman–Crippen MR) is 60.2 cm³/mol. The van der Waals surface area contributed by atoms with E-state index in [1.807, 2.05) is 0 Å². The predicted octanol–water partition coefficient (Wildman–Crippen LogP) is 4.73. The number of halogens is 5. The summed E-state index contributed by atoms with van der Waals surface area (Å²) in [6.07, 6.45) is -4.67. The molecule has 0 bridgehead atoms. The first-order valence-electron chi connectivity index (χ1n) is 4.36. The number of thiazole rings is 1. The molecule has 0 saturated carbocycles. The minimum atomic E-state index is -4.67. The van der Waals surface area contributed by atoms with Crippen molar-refractivity contribution in [2.75, 3.05) is 0 Å². The van der Waals surface area contributed by atoms with Crippen molar-refractivity contribution in [3.63, 3.8) is 0 Å². The van der Waals surface area contributed by atoms with Crippen molar-refractivity contribution in [1.29, 1.82) is 0 Å². The van der Waals surface area contributed by atoms with E-state index in [0.29, 0.717) is 15.2 Å². The largest absolute Gasteiger partial charge is 0.419 e. The quantitative estimate of drug-likeness (QED) is 0.691. The summed E-state index contributed by atoms with van der Waals surface area (Å²) in [5, 5.41) is 2.13. The van der Waals surface area contributed by atoms with Crippen LogP contribution in [0.4, 0.5) is 17.6 Å². The summed E-state index contributed by atoms with van der Waals surface area (Å²) in [5.74, 6) is -1.29. The van der Waals surface area contributed by atoms with Gasteiger partial charge in [-0.05, 0) is 28.1 Å². The van der Waals surface area contributed by atoms with Gasteiger partial charge in [0.2, 0.25) is 0 Å². The van der Waals surface area contributed by atoms with Crippen LogP contribution in [-0.2, 0) is 6.18 Å². The average molecular weight is 326 g/mol. The highest BCUT2D eigenvalue weighted by Gasteiger charge is 2.34. The average Bonchev–Trinajstić information content (AvgIpc) is 2.62. The molecule has 2 rings (SSSR count). The van der Waals surface area contributed by atoms with Gasteiger partial charge in [0, 0.05) is 10.9 Å². The van der Waals surface area contributed by atoms with Crippen LogP contribution in [0.2, 0.25) is 0 Å². The fraction of sp³-hybridized carbons (Fsp3) is 0.100. The van der Waals surface area contributed by atoms with Crippen LogP contribution < -0.4 is 0 Å². The van der Waals surface area contributed by atoms with E-state index in [9.17, 15) is 17.6 Å². The van der Waals surface area contributed by atoms with E-state index < -0.39 is 17.6 Å². The minimum absolute atomic E-state index is 0.325. The smallest absolute Gasteiger partial charge is 0.229 e. The van der Waals surface area contributed by atoms with Crippen molar-refractivity contribution in [2.24, 2.45) is 0 Å². The highest BCUT2D eigenvalue weighted by atomic mass is 79.9. The zero-order chi connectivity index (χ0) is 12.6. The molecule has 0 radical (unpaired) electrons. The number of aromatic nitrogens is 1. The molecule has 1 nitrogen and oxygen atoms in total. The molecule has 0 fully saturated rings. The van der Waals surface area contributed by atoms with Gasteiger partial charge in [-0.3, -0.25) is 0 Å². The Morgan fingerprint density at radius 3 is 2.41 bits per heavy atom. The number of hydrogen-bond donors (Lipinski definition) is 0. The Bertz CT molecular complexity index is 549. The van der Waals surface area contributed by atoms with E-state index in [-0.39, 0.29) is 0 Å². The van der Waals surface area contributed by atoms with Crippen molar-refractivity contribution in [2.45, 2.75) is 6.18 Å². The highest BCUT2D eigenvalue weighted by Crippen LogP contribution is 2.34. The van der Waals surface area contributed by atoms with Crippen LogP contribution in [0.5, 0.6) is 0 Å². The Kier molecular flexibility index (Phi) is 3.22. The molecule has 0 saturated heterocycles. The van der Waals surface area contributed by atoms with E-state index in [4.69, 9.17) is 0 Å². The van der Waals surface area contributed by atoms with Gasteiger partial charge in [0.05, 0.1) is 5.56 Å². The first-order valence-corrected chi connectivity index (χ1v) is 6.03. The molecule has 17 heavy (non-hydrogen) atoms. The molecule has 0 amide bonds. The minimum Gasteiger partial charge on any atom is -0.229 e. The Labute approximate surface area is 106 Å². The van der Waals surface area contributed by atoms with Crippen molar-refractivity contribution in [3.8, 4) is 10.6 Å². The standard InChI is InChI=1S/C10H4BrF4NS/c11-8-4-17-9(16-8)5-1-2-6(7(12)3-5)10(13,14)15/h1-4H. The zero-order valence-electron chi connectivity index (χ0n) is 8.05. The van der Waals surface area contributed by atoms with Gasteiger partial charge < -0.3 is 0 Å². The second-order valence-electron chi connectivity index (χ2n) is 3.17. The van der Waals surface area contributed by atoms with Gasteiger partial charge >= 0.3 is 6.18 Å². The fourth-order valence-corrected chi connectivity index (χ4v) is 2.52. The molecule has 0 aliphatic rings. The summed E-state index contributed by atoms with van der Waals surface area (Å²) in [6, 6.07) is 2.77. The molecule has 1 heterocycles. The summed E-state index contributed by atoms with van der Waals surface area (Å²) in [7, 11) is 0. The van der Waals surface area contributed by atoms with Crippen LogP contribution in [0, 0.1) is 5.82 Å². The Morgan fingerprint density at radius 2 is 1.94 bits per heavy atom. The third-order valence-electron chi connectivity index (χ3n) is 2.00. The lowest BCUT2D eigenvalue weighted by molar-refractivity contribution is -0.139. The van der Waals surface area contributed by atoms with Crippen molar-refractivity contribution >= 4 is 27.3 Å². The summed E-state index contributed by atoms with van der Waals surface area (Å²) >= 11 is 4.34. The van der Waals surface area contributed by atoms with Crippen LogP contribution in [0.1, 0.15) is 5.56 Å². The maximum atomic E-state index is 13.3. The summed E-state index contributed by atoms with van der Waals surface area (Å²) < 4.78 is 50.8. The maximum absolute atomic E-state index is 13.3. The number of nitrogens with zero attached hydrogens (tertiary/aromatic N) is 1. The first-order chi connectivity index (χ1) is 7.88. The maximum Gasteiger partial charge on any atom is 0.419 e. The second-order valence-corrected chi connectivity index (χ2v) is 4.84. The number of rotatable bonds is 1. The van der Waals surface area contributed by atoms with Gasteiger partial charge in [-0.15, -0.1) is 11.3 Å². The number of hydrogen-bond acceptors (Lipinski definition) is 2. The SMILES string of the molecule is Fc1cc(-c2nc(Br)cs2)ccc1C(F)(F)F. The topological polar surface area (TPSA) is 12.9 Å². The van der Waals surface area contributed by atoms with E-state index in [1.54, 1.807) is 5.38 Å². The van der Waals surface area contributed by atoms with Gasteiger partial charge in [0.25, 0.3) is 0 Å². The molecule has 7 heteroatoms. The lowest BCUT2D eigenvalue weighted by Crippen LogP contribution is -2.07. The zero-order valence-corrected chi connectivity index (χ0v) is 10.5. The summed E-state index contributed by atoms with van der Waals surface area (Å²) in [4.78, 5) is 4.00. The number of benzene rings is 1. The Morgan fingerprint density at radius 1 is 1.24 bits per heavy atom. The Balaban J connectivity index is 2.44. The van der Waals surface area contributed by atoms with Gasteiger partial charge in [-0.1, -0.05) is 6.07 Å². The normalized spacial score (nSPS) is 11.8. The molecule has 1 aromatic heterocycles. The molecule has 90 valence electrons. The monoisotopic (exact) mass is 325 g/mol. The lowest BCUT2D eigenvalue weighted by atomic mass is 10.1. The van der Waals surface area contributed by atoms with Crippen molar-refractivity contribution in [1.82, 2.24) is 4.98 Å². The highest BCUT2D eigenvalue weighted by molar-refractivity contribution is 9.10.